The van der Waals surface area contributed by atoms with E-state index >= 15 is 0 Å². The molecular formula is C12H24ClKO6. The Hall–Kier alpha value is 1.69. The third-order valence-electron chi connectivity index (χ3n) is 2.23. The van der Waals surface area contributed by atoms with Crippen molar-refractivity contribution < 1.29 is 92.2 Å². The Morgan fingerprint density at radius 3 is 0.500 bits per heavy atom. The first kappa shape index (κ1) is 23.9. The molecule has 0 bridgehead atoms. The molecule has 6 nitrogen and oxygen atoms in total. The second kappa shape index (κ2) is 20.7. The van der Waals surface area contributed by atoms with Crippen molar-refractivity contribution in [1.29, 1.82) is 0 Å². The first-order valence-corrected chi connectivity index (χ1v) is 6.46. The van der Waals surface area contributed by atoms with Gasteiger partial charge in [-0.2, -0.15) is 0 Å². The first-order chi connectivity index (χ1) is 9.00. The molecule has 0 aliphatic carbocycles. The molecular weight excluding hydrogens is 315 g/mol. The first-order valence-electron chi connectivity index (χ1n) is 6.46. The van der Waals surface area contributed by atoms with Gasteiger partial charge in [0.2, 0.25) is 0 Å². The van der Waals surface area contributed by atoms with Crippen LogP contribution >= 0.6 is 0 Å². The van der Waals surface area contributed by atoms with Crippen molar-refractivity contribution in [2.24, 2.45) is 0 Å². The maximum Gasteiger partial charge on any atom is 1.00 e. The van der Waals surface area contributed by atoms with Crippen LogP contribution in [-0.2, 0) is 28.4 Å². The molecule has 0 unspecified atom stereocenters. The number of halogens is 1. The average molecular weight is 339 g/mol. The molecule has 1 fully saturated rings. The molecule has 0 amide bonds. The monoisotopic (exact) mass is 338 g/mol. The van der Waals surface area contributed by atoms with Gasteiger partial charge in [0.1, 0.15) is 0 Å². The van der Waals surface area contributed by atoms with E-state index in [9.17, 15) is 0 Å². The van der Waals surface area contributed by atoms with Crippen LogP contribution in [0.1, 0.15) is 0 Å². The Labute approximate surface area is 170 Å². The maximum atomic E-state index is 5.33. The van der Waals surface area contributed by atoms with E-state index in [1.807, 2.05) is 0 Å². The zero-order chi connectivity index (χ0) is 12.7. The van der Waals surface area contributed by atoms with Crippen molar-refractivity contribution in [2.45, 2.75) is 0 Å². The number of hydrogen-bond donors (Lipinski definition) is 0. The third kappa shape index (κ3) is 17.7. The molecule has 116 valence electrons. The minimum absolute atomic E-state index is 0. The number of ether oxygens (including phenoxy) is 6. The molecule has 1 aliphatic heterocycles. The second-order valence-corrected chi connectivity index (χ2v) is 3.67. The van der Waals surface area contributed by atoms with Crippen LogP contribution < -0.4 is 63.8 Å². The molecule has 0 aromatic heterocycles. The van der Waals surface area contributed by atoms with Crippen molar-refractivity contribution in [3.05, 3.63) is 0 Å². The summed E-state index contributed by atoms with van der Waals surface area (Å²) in [6.45, 7) is 7.04. The Kier molecular flexibility index (Phi) is 24.8. The molecule has 8 heteroatoms. The summed E-state index contributed by atoms with van der Waals surface area (Å²) in [7, 11) is 0. The van der Waals surface area contributed by atoms with Crippen LogP contribution in [0.2, 0.25) is 0 Å². The van der Waals surface area contributed by atoms with Gasteiger partial charge in [-0.25, -0.2) is 0 Å². The summed E-state index contributed by atoms with van der Waals surface area (Å²) in [6.07, 6.45) is 0. The van der Waals surface area contributed by atoms with E-state index < -0.39 is 0 Å². The summed E-state index contributed by atoms with van der Waals surface area (Å²) in [6, 6.07) is 0. The summed E-state index contributed by atoms with van der Waals surface area (Å²) in [5.74, 6) is 0. The quantitative estimate of drug-likeness (QED) is 0.410. The van der Waals surface area contributed by atoms with Crippen LogP contribution in [0.25, 0.3) is 0 Å². The van der Waals surface area contributed by atoms with Gasteiger partial charge in [0, 0.05) is 0 Å². The zero-order valence-electron chi connectivity index (χ0n) is 12.3. The van der Waals surface area contributed by atoms with Gasteiger partial charge in [-0.15, -0.1) is 0 Å². The van der Waals surface area contributed by atoms with Gasteiger partial charge in [-0.3, -0.25) is 0 Å². The van der Waals surface area contributed by atoms with Gasteiger partial charge in [-0.05, 0) is 0 Å². The fourth-order valence-corrected chi connectivity index (χ4v) is 1.32. The fourth-order valence-electron chi connectivity index (χ4n) is 1.32. The van der Waals surface area contributed by atoms with E-state index in [1.165, 1.54) is 0 Å². The Morgan fingerprint density at radius 2 is 0.400 bits per heavy atom. The smallest absolute Gasteiger partial charge is 1.00 e. The summed E-state index contributed by atoms with van der Waals surface area (Å²) in [5, 5.41) is 0. The summed E-state index contributed by atoms with van der Waals surface area (Å²) in [5.41, 5.74) is 0. The summed E-state index contributed by atoms with van der Waals surface area (Å²) < 4.78 is 32.0. The van der Waals surface area contributed by atoms with Crippen LogP contribution in [0.15, 0.2) is 0 Å². The predicted octanol–water partition coefficient (Wildman–Crippen LogP) is -5.89. The molecule has 0 N–H and O–H groups in total. The molecule has 0 aromatic carbocycles. The SMILES string of the molecule is C1COCCOCCOCCOCCOCCO1.[Cl-].[K+]. The van der Waals surface area contributed by atoms with Crippen molar-refractivity contribution in [3.63, 3.8) is 0 Å². The van der Waals surface area contributed by atoms with Crippen molar-refractivity contribution in [2.75, 3.05) is 79.3 Å². The van der Waals surface area contributed by atoms with Crippen LogP contribution in [0.4, 0.5) is 0 Å². The molecule has 20 heavy (non-hydrogen) atoms. The molecule has 0 saturated carbocycles. The molecule has 1 heterocycles. The number of hydrogen-bond acceptors (Lipinski definition) is 6. The normalized spacial score (nSPS) is 21.6. The molecule has 0 atom stereocenters. The minimum atomic E-state index is 0. The second-order valence-electron chi connectivity index (χ2n) is 3.67. The Balaban J connectivity index is 0. The van der Waals surface area contributed by atoms with Gasteiger partial charge in [0.05, 0.1) is 79.3 Å². The molecule has 1 rings (SSSR count). The van der Waals surface area contributed by atoms with Gasteiger partial charge in [0.15, 0.2) is 0 Å². The van der Waals surface area contributed by atoms with Gasteiger partial charge in [0.25, 0.3) is 0 Å². The summed E-state index contributed by atoms with van der Waals surface area (Å²) >= 11 is 0. The zero-order valence-corrected chi connectivity index (χ0v) is 16.2. The van der Waals surface area contributed by atoms with Gasteiger partial charge >= 0.3 is 51.4 Å². The largest absolute Gasteiger partial charge is 1.00 e. The van der Waals surface area contributed by atoms with E-state index in [-0.39, 0.29) is 63.8 Å². The Morgan fingerprint density at radius 1 is 0.300 bits per heavy atom. The molecule has 0 spiro atoms. The van der Waals surface area contributed by atoms with E-state index in [2.05, 4.69) is 0 Å². The maximum absolute atomic E-state index is 5.33. The van der Waals surface area contributed by atoms with Crippen LogP contribution in [-0.4, -0.2) is 79.3 Å². The van der Waals surface area contributed by atoms with Gasteiger partial charge < -0.3 is 40.8 Å². The third-order valence-corrected chi connectivity index (χ3v) is 2.23. The Bertz CT molecular complexity index is 103. The molecule has 0 aromatic rings. The molecule has 1 aliphatic rings. The van der Waals surface area contributed by atoms with E-state index in [1.54, 1.807) is 0 Å². The topological polar surface area (TPSA) is 55.4 Å². The minimum Gasteiger partial charge on any atom is -1.00 e. The van der Waals surface area contributed by atoms with Crippen LogP contribution in [0.5, 0.6) is 0 Å². The standard InChI is InChI=1S/C12H24O6.ClH.K/c1-2-14-5-6-16-9-10-18-12-11-17-8-7-15-4-3-13-1;;/h1-12H2;1H;/q;;+1/p-1. The number of rotatable bonds is 0. The van der Waals surface area contributed by atoms with E-state index in [4.69, 9.17) is 28.4 Å². The predicted molar refractivity (Wildman–Crippen MR) is 64.9 cm³/mol. The van der Waals surface area contributed by atoms with Crippen molar-refractivity contribution in [1.82, 2.24) is 0 Å². The molecule has 0 radical (unpaired) electrons. The molecule has 1 saturated heterocycles. The summed E-state index contributed by atoms with van der Waals surface area (Å²) in [4.78, 5) is 0. The van der Waals surface area contributed by atoms with Crippen molar-refractivity contribution >= 4 is 0 Å². The van der Waals surface area contributed by atoms with Crippen LogP contribution in [0, 0.1) is 0 Å². The van der Waals surface area contributed by atoms with Gasteiger partial charge in [-0.1, -0.05) is 0 Å². The average Bonchev–Trinajstić information content (AvgIpc) is 2.39. The fraction of sp³-hybridized carbons (Fsp3) is 1.00. The van der Waals surface area contributed by atoms with Crippen LogP contribution in [0.3, 0.4) is 0 Å². The van der Waals surface area contributed by atoms with E-state index in [0.717, 1.165) is 0 Å². The van der Waals surface area contributed by atoms with E-state index in [0.29, 0.717) is 79.3 Å². The van der Waals surface area contributed by atoms with Crippen molar-refractivity contribution in [3.8, 4) is 0 Å².